The highest BCUT2D eigenvalue weighted by Crippen LogP contribution is 2.33. The number of nitrogens with zero attached hydrogens (tertiary/aromatic N) is 1. The summed E-state index contributed by atoms with van der Waals surface area (Å²) in [6.45, 7) is 3.73. The molecule has 2 N–H and O–H groups in total. The molecule has 0 aliphatic heterocycles. The van der Waals surface area contributed by atoms with Crippen molar-refractivity contribution in [2.45, 2.75) is 26.7 Å². The van der Waals surface area contributed by atoms with Crippen LogP contribution < -0.4 is 20.2 Å². The molecule has 176 valence electrons. The summed E-state index contributed by atoms with van der Waals surface area (Å²) in [5.74, 6) is -0.660. The van der Waals surface area contributed by atoms with E-state index >= 15 is 0 Å². The molecule has 2 rings (SSSR count). The summed E-state index contributed by atoms with van der Waals surface area (Å²) >= 11 is 2.04. The lowest BCUT2D eigenvalue weighted by Gasteiger charge is -2.13. The van der Waals surface area contributed by atoms with Crippen molar-refractivity contribution < 1.29 is 28.6 Å². The van der Waals surface area contributed by atoms with Gasteiger partial charge >= 0.3 is 5.97 Å². The first-order valence-electron chi connectivity index (χ1n) is 10.2. The highest BCUT2D eigenvalue weighted by atomic mass is 127. The lowest BCUT2D eigenvalue weighted by molar-refractivity contribution is -0.145. The molecule has 0 spiro atoms. The fourth-order valence-electron chi connectivity index (χ4n) is 2.80. The summed E-state index contributed by atoms with van der Waals surface area (Å²) in [5.41, 5.74) is 4.64. The Morgan fingerprint density at radius 2 is 1.88 bits per heavy atom. The molecule has 0 aliphatic carbocycles. The van der Waals surface area contributed by atoms with Crippen molar-refractivity contribution in [3.8, 4) is 11.5 Å². The number of hydrazone groups is 1. The average Bonchev–Trinajstić information content (AvgIpc) is 2.78. The predicted octanol–water partition coefficient (Wildman–Crippen LogP) is 3.28. The quantitative estimate of drug-likeness (QED) is 0.142. The molecule has 0 unspecified atom stereocenters. The Balaban J connectivity index is 1.94. The van der Waals surface area contributed by atoms with E-state index in [1.54, 1.807) is 25.1 Å². The Hall–Kier alpha value is -3.15. The number of aryl methyl sites for hydroxylation is 1. The smallest absolute Gasteiger partial charge is 0.344 e. The number of anilines is 1. The van der Waals surface area contributed by atoms with E-state index in [9.17, 15) is 14.4 Å². The van der Waals surface area contributed by atoms with E-state index in [-0.39, 0.29) is 19.6 Å². The van der Waals surface area contributed by atoms with Crippen LogP contribution in [0.1, 0.15) is 31.4 Å². The number of benzene rings is 2. The van der Waals surface area contributed by atoms with E-state index in [1.807, 2.05) is 47.7 Å². The van der Waals surface area contributed by atoms with Gasteiger partial charge in [-0.1, -0.05) is 25.1 Å². The van der Waals surface area contributed by atoms with E-state index in [2.05, 4.69) is 15.8 Å². The zero-order chi connectivity index (χ0) is 24.2. The zero-order valence-corrected chi connectivity index (χ0v) is 20.8. The van der Waals surface area contributed by atoms with E-state index < -0.39 is 17.8 Å². The van der Waals surface area contributed by atoms with Crippen molar-refractivity contribution in [2.75, 3.05) is 25.6 Å². The standard InChI is InChI=1S/C23H26IN3O6/c1-4-16-8-6-7-9-18(16)26-20(28)12-21(29)27-25-13-15-10-17(24)23(19(11-15)31-3)33-14-22(30)32-5-2/h6-11,13H,4-5,12,14H2,1-3H3,(H,26,28)(H,27,29). The first-order chi connectivity index (χ1) is 15.9. The number of methoxy groups -OCH3 is 1. The number of para-hydroxylation sites is 1. The summed E-state index contributed by atoms with van der Waals surface area (Å²) in [6.07, 6.45) is 1.82. The number of nitrogens with one attached hydrogen (secondary N) is 2. The molecule has 9 nitrogen and oxygen atoms in total. The topological polar surface area (TPSA) is 115 Å². The molecule has 2 aromatic rings. The van der Waals surface area contributed by atoms with Crippen molar-refractivity contribution in [3.63, 3.8) is 0 Å². The van der Waals surface area contributed by atoms with Gasteiger partial charge in [-0.3, -0.25) is 9.59 Å². The molecular weight excluding hydrogens is 541 g/mol. The molecule has 0 saturated carbocycles. The van der Waals surface area contributed by atoms with Gasteiger partial charge in [-0.25, -0.2) is 10.2 Å². The molecule has 0 bridgehead atoms. The minimum absolute atomic E-state index is 0.242. The van der Waals surface area contributed by atoms with Gasteiger partial charge in [-0.2, -0.15) is 5.10 Å². The largest absolute Gasteiger partial charge is 0.493 e. The van der Waals surface area contributed by atoms with Crippen LogP contribution in [0.15, 0.2) is 41.5 Å². The molecule has 0 aromatic heterocycles. The number of ether oxygens (including phenoxy) is 3. The zero-order valence-electron chi connectivity index (χ0n) is 18.6. The fourth-order valence-corrected chi connectivity index (χ4v) is 3.58. The second-order valence-electron chi connectivity index (χ2n) is 6.66. The third-order valence-electron chi connectivity index (χ3n) is 4.29. The summed E-state index contributed by atoms with van der Waals surface area (Å²) in [4.78, 5) is 35.7. The highest BCUT2D eigenvalue weighted by Gasteiger charge is 2.14. The normalized spacial score (nSPS) is 10.5. The van der Waals surface area contributed by atoms with E-state index in [0.29, 0.717) is 26.3 Å². The number of hydrogen-bond donors (Lipinski definition) is 2. The predicted molar refractivity (Wildman–Crippen MR) is 133 cm³/mol. The SMILES string of the molecule is CCOC(=O)COc1c(I)cc(C=NNC(=O)CC(=O)Nc2ccccc2CC)cc1OC. The third-order valence-corrected chi connectivity index (χ3v) is 5.09. The van der Waals surface area contributed by atoms with Crippen molar-refractivity contribution in [2.24, 2.45) is 5.10 Å². The van der Waals surface area contributed by atoms with Gasteiger partial charge in [0, 0.05) is 5.69 Å². The number of esters is 1. The Labute approximate surface area is 206 Å². The van der Waals surface area contributed by atoms with Gasteiger partial charge in [-0.15, -0.1) is 0 Å². The molecule has 33 heavy (non-hydrogen) atoms. The number of rotatable bonds is 11. The summed E-state index contributed by atoms with van der Waals surface area (Å²) < 4.78 is 16.4. The number of hydrogen-bond acceptors (Lipinski definition) is 7. The fraction of sp³-hybridized carbons (Fsp3) is 0.304. The van der Waals surface area contributed by atoms with Crippen LogP contribution in [0.4, 0.5) is 5.69 Å². The van der Waals surface area contributed by atoms with Gasteiger partial charge in [-0.05, 0) is 65.3 Å². The molecule has 0 atom stereocenters. The molecule has 2 aromatic carbocycles. The second kappa shape index (κ2) is 13.4. The molecule has 0 fully saturated rings. The van der Waals surface area contributed by atoms with Gasteiger partial charge in [0.05, 0.1) is 23.5 Å². The van der Waals surface area contributed by atoms with Crippen LogP contribution in [0, 0.1) is 3.57 Å². The van der Waals surface area contributed by atoms with Crippen LogP contribution in [-0.4, -0.2) is 44.3 Å². The van der Waals surface area contributed by atoms with Gasteiger partial charge in [0.2, 0.25) is 11.8 Å². The Bertz CT molecular complexity index is 1030. The number of halogens is 1. The number of amides is 2. The number of carbonyl (C=O) groups excluding carboxylic acids is 3. The van der Waals surface area contributed by atoms with Crippen molar-refractivity contribution in [1.29, 1.82) is 0 Å². The average molecular weight is 567 g/mol. The summed E-state index contributed by atoms with van der Waals surface area (Å²) in [6, 6.07) is 10.8. The maximum absolute atomic E-state index is 12.2. The Morgan fingerprint density at radius 3 is 2.58 bits per heavy atom. The van der Waals surface area contributed by atoms with Crippen LogP contribution in [0.3, 0.4) is 0 Å². The maximum atomic E-state index is 12.2. The molecule has 0 radical (unpaired) electrons. The Morgan fingerprint density at radius 1 is 1.12 bits per heavy atom. The van der Waals surface area contributed by atoms with E-state index in [1.165, 1.54) is 13.3 Å². The first kappa shape index (κ1) is 26.1. The van der Waals surface area contributed by atoms with Crippen LogP contribution >= 0.6 is 22.6 Å². The van der Waals surface area contributed by atoms with Gasteiger partial charge in [0.1, 0.15) is 6.42 Å². The minimum Gasteiger partial charge on any atom is -0.493 e. The minimum atomic E-state index is -0.547. The van der Waals surface area contributed by atoms with Crippen LogP contribution in [0.5, 0.6) is 11.5 Å². The van der Waals surface area contributed by atoms with E-state index in [0.717, 1.165) is 12.0 Å². The second-order valence-corrected chi connectivity index (χ2v) is 7.82. The highest BCUT2D eigenvalue weighted by molar-refractivity contribution is 14.1. The van der Waals surface area contributed by atoms with Gasteiger partial charge in [0.15, 0.2) is 18.1 Å². The molecular formula is C23H26IN3O6. The monoisotopic (exact) mass is 567 g/mol. The maximum Gasteiger partial charge on any atom is 0.344 e. The van der Waals surface area contributed by atoms with E-state index in [4.69, 9.17) is 14.2 Å². The Kier molecular flexibility index (Phi) is 10.6. The van der Waals surface area contributed by atoms with Gasteiger partial charge in [0.25, 0.3) is 0 Å². The lowest BCUT2D eigenvalue weighted by atomic mass is 10.1. The molecule has 2 amide bonds. The van der Waals surface area contributed by atoms with Crippen molar-refractivity contribution >= 4 is 52.3 Å². The molecule has 0 aliphatic rings. The van der Waals surface area contributed by atoms with Crippen LogP contribution in [0.2, 0.25) is 0 Å². The van der Waals surface area contributed by atoms with Crippen LogP contribution in [0.25, 0.3) is 0 Å². The van der Waals surface area contributed by atoms with Crippen LogP contribution in [-0.2, 0) is 25.5 Å². The first-order valence-corrected chi connectivity index (χ1v) is 11.3. The van der Waals surface area contributed by atoms with Gasteiger partial charge < -0.3 is 19.5 Å². The van der Waals surface area contributed by atoms with Crippen molar-refractivity contribution in [1.82, 2.24) is 5.43 Å². The summed E-state index contributed by atoms with van der Waals surface area (Å²) in [5, 5.41) is 6.64. The third kappa shape index (κ3) is 8.37. The van der Waals surface area contributed by atoms with Crippen molar-refractivity contribution in [3.05, 3.63) is 51.1 Å². The number of carbonyl (C=O) groups is 3. The lowest BCUT2D eigenvalue weighted by Crippen LogP contribution is -2.25. The molecule has 0 saturated heterocycles. The molecule has 10 heteroatoms. The molecule has 0 heterocycles. The summed E-state index contributed by atoms with van der Waals surface area (Å²) in [7, 11) is 1.47.